The molecule has 0 bridgehead atoms. The lowest BCUT2D eigenvalue weighted by atomic mass is 9.91. The second-order valence-corrected chi connectivity index (χ2v) is 7.14. The van der Waals surface area contributed by atoms with Gasteiger partial charge in [0.15, 0.2) is 5.13 Å². The van der Waals surface area contributed by atoms with Crippen LogP contribution in [0.1, 0.15) is 52.1 Å². The number of ether oxygens (including phenoxy) is 1. The second-order valence-electron chi connectivity index (χ2n) is 6.08. The first-order chi connectivity index (χ1) is 9.93. The largest absolute Gasteiger partial charge is 0.380 e. The summed E-state index contributed by atoms with van der Waals surface area (Å²) in [5, 5.41) is 4.55. The van der Waals surface area contributed by atoms with Crippen LogP contribution in [-0.4, -0.2) is 37.8 Å². The molecule has 0 saturated carbocycles. The monoisotopic (exact) mass is 313 g/mol. The van der Waals surface area contributed by atoms with Gasteiger partial charge in [0.25, 0.3) is 0 Å². The first kappa shape index (κ1) is 18.4. The van der Waals surface area contributed by atoms with Gasteiger partial charge < -0.3 is 15.0 Å². The Kier molecular flexibility index (Phi) is 7.63. The lowest BCUT2D eigenvalue weighted by molar-refractivity contribution is 0.154. The summed E-state index contributed by atoms with van der Waals surface area (Å²) in [6.07, 6.45) is 0. The highest BCUT2D eigenvalue weighted by Gasteiger charge is 2.24. The number of rotatable bonds is 9. The van der Waals surface area contributed by atoms with Crippen molar-refractivity contribution in [1.82, 2.24) is 10.3 Å². The molecule has 5 heteroatoms. The molecule has 0 unspecified atom stereocenters. The third-order valence-corrected chi connectivity index (χ3v) is 4.41. The molecule has 0 aliphatic heterocycles. The molecule has 1 aromatic heterocycles. The van der Waals surface area contributed by atoms with Gasteiger partial charge in [-0.2, -0.15) is 0 Å². The Morgan fingerprint density at radius 1 is 1.24 bits per heavy atom. The van der Waals surface area contributed by atoms with Crippen LogP contribution < -0.4 is 10.2 Å². The predicted molar refractivity (Wildman–Crippen MR) is 92.6 cm³/mol. The highest BCUT2D eigenvalue weighted by atomic mass is 32.1. The van der Waals surface area contributed by atoms with Gasteiger partial charge in [-0.3, -0.25) is 0 Å². The van der Waals surface area contributed by atoms with Crippen LogP contribution in [0.15, 0.2) is 0 Å². The Bertz CT molecular complexity index is 412. The van der Waals surface area contributed by atoms with Crippen molar-refractivity contribution in [3.05, 3.63) is 10.6 Å². The molecule has 1 aromatic rings. The average Bonchev–Trinajstić information content (AvgIpc) is 2.85. The molecule has 0 atom stereocenters. The van der Waals surface area contributed by atoms with Crippen LogP contribution in [0.25, 0.3) is 0 Å². The Hall–Kier alpha value is -0.650. The third kappa shape index (κ3) is 5.57. The molecule has 0 aromatic carbocycles. The van der Waals surface area contributed by atoms with Crippen LogP contribution in [-0.2, 0) is 16.7 Å². The van der Waals surface area contributed by atoms with Crippen molar-refractivity contribution >= 4 is 16.5 Å². The normalized spacial score (nSPS) is 11.9. The molecule has 0 amide bonds. The minimum Gasteiger partial charge on any atom is -0.380 e. The molecule has 0 aliphatic carbocycles. The highest BCUT2D eigenvalue weighted by molar-refractivity contribution is 7.15. The number of aromatic nitrogens is 1. The number of hydrogen-bond acceptors (Lipinski definition) is 5. The second kappa shape index (κ2) is 8.71. The van der Waals surface area contributed by atoms with Gasteiger partial charge in [0, 0.05) is 36.5 Å². The van der Waals surface area contributed by atoms with E-state index < -0.39 is 0 Å². The van der Waals surface area contributed by atoms with Gasteiger partial charge >= 0.3 is 0 Å². The Labute approximate surface area is 133 Å². The quantitative estimate of drug-likeness (QED) is 0.709. The van der Waals surface area contributed by atoms with Gasteiger partial charge in [0.2, 0.25) is 0 Å². The maximum Gasteiger partial charge on any atom is 0.185 e. The number of anilines is 1. The third-order valence-electron chi connectivity index (χ3n) is 3.29. The summed E-state index contributed by atoms with van der Waals surface area (Å²) in [5.41, 5.74) is 1.30. The summed E-state index contributed by atoms with van der Waals surface area (Å²) >= 11 is 1.81. The van der Waals surface area contributed by atoms with E-state index in [1.165, 1.54) is 10.6 Å². The summed E-state index contributed by atoms with van der Waals surface area (Å²) in [6.45, 7) is 18.3. The van der Waals surface area contributed by atoms with Crippen LogP contribution in [0.4, 0.5) is 5.13 Å². The summed E-state index contributed by atoms with van der Waals surface area (Å²) in [7, 11) is 0. The van der Waals surface area contributed by atoms with Crippen molar-refractivity contribution in [3.63, 3.8) is 0 Å². The standard InChI is InChI=1S/C16H31N3OS/c1-7-17-12-13-14(16(4,5)6)18-15(21-13)19(8-2)10-11-20-9-3/h17H,7-12H2,1-6H3. The van der Waals surface area contributed by atoms with Crippen molar-refractivity contribution in [2.75, 3.05) is 37.7 Å². The van der Waals surface area contributed by atoms with Crippen molar-refractivity contribution in [1.29, 1.82) is 0 Å². The highest BCUT2D eigenvalue weighted by Crippen LogP contribution is 2.33. The lowest BCUT2D eigenvalue weighted by Crippen LogP contribution is -2.27. The van der Waals surface area contributed by atoms with Gasteiger partial charge in [-0.05, 0) is 20.4 Å². The van der Waals surface area contributed by atoms with Gasteiger partial charge in [-0.25, -0.2) is 4.98 Å². The number of thiazole rings is 1. The SMILES string of the molecule is CCNCc1sc(N(CC)CCOCC)nc1C(C)(C)C. The van der Waals surface area contributed by atoms with E-state index >= 15 is 0 Å². The summed E-state index contributed by atoms with van der Waals surface area (Å²) < 4.78 is 5.48. The van der Waals surface area contributed by atoms with Crippen molar-refractivity contribution < 1.29 is 4.74 Å². The molecule has 4 nitrogen and oxygen atoms in total. The molecule has 0 fully saturated rings. The summed E-state index contributed by atoms with van der Waals surface area (Å²) in [6, 6.07) is 0. The fraction of sp³-hybridized carbons (Fsp3) is 0.812. The van der Waals surface area contributed by atoms with Gasteiger partial charge in [0.1, 0.15) is 0 Å². The van der Waals surface area contributed by atoms with E-state index in [0.717, 1.165) is 44.5 Å². The number of nitrogens with one attached hydrogen (secondary N) is 1. The minimum absolute atomic E-state index is 0.0822. The van der Waals surface area contributed by atoms with E-state index in [1.54, 1.807) is 0 Å². The zero-order valence-electron chi connectivity index (χ0n) is 14.5. The molecule has 0 spiro atoms. The van der Waals surface area contributed by atoms with Gasteiger partial charge in [-0.15, -0.1) is 11.3 Å². The van der Waals surface area contributed by atoms with Gasteiger partial charge in [-0.1, -0.05) is 27.7 Å². The fourth-order valence-electron chi connectivity index (χ4n) is 2.13. The Morgan fingerprint density at radius 3 is 2.48 bits per heavy atom. The minimum atomic E-state index is 0.0822. The molecule has 1 heterocycles. The maximum absolute atomic E-state index is 5.48. The predicted octanol–water partition coefficient (Wildman–Crippen LogP) is 3.41. The zero-order valence-corrected chi connectivity index (χ0v) is 15.3. The molecule has 1 rings (SSSR count). The lowest BCUT2D eigenvalue weighted by Gasteiger charge is -2.20. The van der Waals surface area contributed by atoms with Crippen molar-refractivity contribution in [2.45, 2.75) is 53.5 Å². The van der Waals surface area contributed by atoms with E-state index in [2.05, 4.69) is 44.8 Å². The first-order valence-corrected chi connectivity index (χ1v) is 8.79. The molecule has 1 N–H and O–H groups in total. The first-order valence-electron chi connectivity index (χ1n) is 7.97. The van der Waals surface area contributed by atoms with Crippen LogP contribution in [0.3, 0.4) is 0 Å². The van der Waals surface area contributed by atoms with E-state index in [0.29, 0.717) is 0 Å². The average molecular weight is 314 g/mol. The van der Waals surface area contributed by atoms with E-state index in [9.17, 15) is 0 Å². The number of hydrogen-bond donors (Lipinski definition) is 1. The van der Waals surface area contributed by atoms with Crippen molar-refractivity contribution in [2.24, 2.45) is 0 Å². The molecule has 21 heavy (non-hydrogen) atoms. The maximum atomic E-state index is 5.48. The van der Waals surface area contributed by atoms with E-state index in [4.69, 9.17) is 9.72 Å². The van der Waals surface area contributed by atoms with Crippen LogP contribution >= 0.6 is 11.3 Å². The molecule has 0 aliphatic rings. The van der Waals surface area contributed by atoms with Crippen LogP contribution in [0, 0.1) is 0 Å². The number of nitrogens with zero attached hydrogens (tertiary/aromatic N) is 2. The van der Waals surface area contributed by atoms with Crippen molar-refractivity contribution in [3.8, 4) is 0 Å². The molecular formula is C16H31N3OS. The topological polar surface area (TPSA) is 37.4 Å². The molecule has 0 radical (unpaired) electrons. The van der Waals surface area contributed by atoms with E-state index in [1.807, 2.05) is 18.3 Å². The Morgan fingerprint density at radius 2 is 1.95 bits per heavy atom. The smallest absolute Gasteiger partial charge is 0.185 e. The molecule has 0 saturated heterocycles. The zero-order chi connectivity index (χ0) is 15.9. The van der Waals surface area contributed by atoms with Crippen LogP contribution in [0.5, 0.6) is 0 Å². The summed E-state index contributed by atoms with van der Waals surface area (Å²) in [5.74, 6) is 0. The summed E-state index contributed by atoms with van der Waals surface area (Å²) in [4.78, 5) is 8.60. The fourth-order valence-corrected chi connectivity index (χ4v) is 3.46. The Balaban J connectivity index is 2.92. The van der Waals surface area contributed by atoms with Crippen LogP contribution in [0.2, 0.25) is 0 Å². The molecular weight excluding hydrogens is 282 g/mol. The van der Waals surface area contributed by atoms with E-state index in [-0.39, 0.29) is 5.41 Å². The molecule has 122 valence electrons. The van der Waals surface area contributed by atoms with Gasteiger partial charge in [0.05, 0.1) is 12.3 Å². The number of likely N-dealkylation sites (N-methyl/N-ethyl adjacent to an activating group) is 1.